The third-order valence-corrected chi connectivity index (χ3v) is 3.26. The van der Waals surface area contributed by atoms with Gasteiger partial charge in [-0.3, -0.25) is 0 Å². The van der Waals surface area contributed by atoms with Crippen LogP contribution in [0.2, 0.25) is 0 Å². The Balaban J connectivity index is 2.55. The summed E-state index contributed by atoms with van der Waals surface area (Å²) in [5, 5.41) is 16.5. The lowest BCUT2D eigenvalue weighted by molar-refractivity contribution is -0.436. The molecule has 19 heavy (non-hydrogen) atoms. The predicted octanol–water partition coefficient (Wildman–Crippen LogP) is 4.85. The number of benzene rings is 2. The van der Waals surface area contributed by atoms with E-state index in [0.29, 0.717) is 5.69 Å². The molecule has 2 aromatic rings. The second kappa shape index (κ2) is 5.22. The molecule has 0 aromatic heterocycles. The van der Waals surface area contributed by atoms with Gasteiger partial charge in [-0.15, -0.1) is 0 Å². The van der Waals surface area contributed by atoms with Crippen molar-refractivity contribution in [2.24, 2.45) is 5.11 Å². The van der Waals surface area contributed by atoms with E-state index in [2.05, 4.69) is 5.11 Å². The Morgan fingerprint density at radius 3 is 1.68 bits per heavy atom. The first-order valence-corrected chi connectivity index (χ1v) is 6.32. The maximum Gasteiger partial charge on any atom is 0.250 e. The average molecular weight is 254 g/mol. The fourth-order valence-corrected chi connectivity index (χ4v) is 2.21. The molecule has 0 saturated carbocycles. The number of hydrogen-bond acceptors (Lipinski definition) is 2. The zero-order valence-corrected chi connectivity index (χ0v) is 11.8. The lowest BCUT2D eigenvalue weighted by Crippen LogP contribution is -1.97. The van der Waals surface area contributed by atoms with Gasteiger partial charge in [-0.25, -0.2) is 0 Å². The predicted molar refractivity (Wildman–Crippen MR) is 77.2 cm³/mol. The lowest BCUT2D eigenvalue weighted by atomic mass is 10.1. The van der Waals surface area contributed by atoms with E-state index in [1.54, 1.807) is 0 Å². The van der Waals surface area contributed by atoms with Crippen molar-refractivity contribution in [3.8, 4) is 0 Å². The number of para-hydroxylation sites is 1. The van der Waals surface area contributed by atoms with Gasteiger partial charge in [0, 0.05) is 16.2 Å². The molecule has 0 aliphatic rings. The van der Waals surface area contributed by atoms with Crippen molar-refractivity contribution in [1.82, 2.24) is 0 Å². The van der Waals surface area contributed by atoms with Crippen LogP contribution in [0.4, 0.5) is 11.4 Å². The van der Waals surface area contributed by atoms with Gasteiger partial charge >= 0.3 is 0 Å². The van der Waals surface area contributed by atoms with E-state index in [1.165, 1.54) is 0 Å². The zero-order chi connectivity index (χ0) is 14.0. The Morgan fingerprint density at radius 2 is 1.21 bits per heavy atom. The van der Waals surface area contributed by atoms with Crippen molar-refractivity contribution in [3.05, 3.63) is 63.9 Å². The Labute approximate surface area is 113 Å². The van der Waals surface area contributed by atoms with Crippen LogP contribution >= 0.6 is 0 Å². The fraction of sp³-hybridized carbons (Fsp3) is 0.250. The van der Waals surface area contributed by atoms with Crippen LogP contribution in [0.25, 0.3) is 0 Å². The highest BCUT2D eigenvalue weighted by atomic mass is 16.5. The van der Waals surface area contributed by atoms with Crippen LogP contribution < -0.4 is 0 Å². The first-order chi connectivity index (χ1) is 9.00. The highest BCUT2D eigenvalue weighted by Gasteiger charge is 2.13. The van der Waals surface area contributed by atoms with Gasteiger partial charge in [-0.05, 0) is 43.7 Å². The maximum atomic E-state index is 12.3. The van der Waals surface area contributed by atoms with Gasteiger partial charge in [0.25, 0.3) is 5.69 Å². The Morgan fingerprint density at radius 1 is 0.789 bits per heavy atom. The Hall–Kier alpha value is -2.16. The minimum Gasteiger partial charge on any atom is -0.594 e. The van der Waals surface area contributed by atoms with Crippen LogP contribution in [0.5, 0.6) is 0 Å². The van der Waals surface area contributed by atoms with Gasteiger partial charge in [0.2, 0.25) is 0 Å². The molecule has 3 heteroatoms. The minimum atomic E-state index is 0.630. The Kier molecular flexibility index (Phi) is 3.65. The molecule has 0 bridgehead atoms. The largest absolute Gasteiger partial charge is 0.594 e. The topological polar surface area (TPSA) is 38.4 Å². The molecular formula is C16H18N2O. The summed E-state index contributed by atoms with van der Waals surface area (Å²) in [6, 6.07) is 11.7. The van der Waals surface area contributed by atoms with E-state index in [0.717, 1.165) is 32.8 Å². The SMILES string of the molecule is Cc1cccc(C)c1N=[N+]([O-])c1c(C)cccc1C. The van der Waals surface area contributed by atoms with Gasteiger partial charge in [0.15, 0.2) is 0 Å². The maximum absolute atomic E-state index is 12.3. The lowest BCUT2D eigenvalue weighted by Gasteiger charge is -2.07. The summed E-state index contributed by atoms with van der Waals surface area (Å²) < 4.78 is 0. The molecule has 0 radical (unpaired) electrons. The first-order valence-electron chi connectivity index (χ1n) is 6.32. The summed E-state index contributed by atoms with van der Waals surface area (Å²) in [5.41, 5.74) is 5.26. The summed E-state index contributed by atoms with van der Waals surface area (Å²) in [6.07, 6.45) is 0. The second-order valence-electron chi connectivity index (χ2n) is 4.85. The zero-order valence-electron chi connectivity index (χ0n) is 11.8. The van der Waals surface area contributed by atoms with Gasteiger partial charge < -0.3 is 5.21 Å². The molecule has 0 saturated heterocycles. The molecular weight excluding hydrogens is 236 g/mol. The molecule has 2 rings (SSSR count). The molecule has 0 N–H and O–H groups in total. The molecule has 0 amide bonds. The smallest absolute Gasteiger partial charge is 0.250 e. The number of azo groups is 1. The average Bonchev–Trinajstić information content (AvgIpc) is 2.34. The summed E-state index contributed by atoms with van der Waals surface area (Å²) in [5.74, 6) is 0. The van der Waals surface area contributed by atoms with Gasteiger partial charge in [0.1, 0.15) is 5.69 Å². The Bertz CT molecular complexity index is 605. The van der Waals surface area contributed by atoms with Crippen LogP contribution in [0, 0.1) is 32.9 Å². The molecule has 0 unspecified atom stereocenters. The van der Waals surface area contributed by atoms with Crippen molar-refractivity contribution in [1.29, 1.82) is 0 Å². The van der Waals surface area contributed by atoms with Gasteiger partial charge in [-0.2, -0.15) is 0 Å². The van der Waals surface area contributed by atoms with Crippen molar-refractivity contribution in [2.75, 3.05) is 0 Å². The van der Waals surface area contributed by atoms with E-state index in [9.17, 15) is 5.21 Å². The van der Waals surface area contributed by atoms with Crippen LogP contribution in [-0.2, 0) is 0 Å². The summed E-state index contributed by atoms with van der Waals surface area (Å²) in [4.78, 5) is 0.736. The van der Waals surface area contributed by atoms with E-state index in [4.69, 9.17) is 0 Å². The van der Waals surface area contributed by atoms with E-state index >= 15 is 0 Å². The van der Waals surface area contributed by atoms with Gasteiger partial charge in [0.05, 0.1) is 0 Å². The molecule has 98 valence electrons. The monoisotopic (exact) mass is 254 g/mol. The molecule has 0 atom stereocenters. The number of hydrogen-bond donors (Lipinski definition) is 0. The quantitative estimate of drug-likeness (QED) is 0.429. The molecule has 2 aromatic carbocycles. The normalized spacial score (nSPS) is 11.7. The van der Waals surface area contributed by atoms with E-state index in [-0.39, 0.29) is 0 Å². The number of rotatable bonds is 2. The number of nitrogens with zero attached hydrogens (tertiary/aromatic N) is 2. The molecule has 0 fully saturated rings. The first kappa shape index (κ1) is 13.3. The summed E-state index contributed by atoms with van der Waals surface area (Å²) in [7, 11) is 0. The molecule has 0 aliphatic heterocycles. The van der Waals surface area contributed by atoms with Crippen LogP contribution in [0.1, 0.15) is 22.3 Å². The second-order valence-corrected chi connectivity index (χ2v) is 4.85. The highest BCUT2D eigenvalue weighted by molar-refractivity contribution is 5.51. The third kappa shape index (κ3) is 2.65. The molecule has 3 nitrogen and oxygen atoms in total. The van der Waals surface area contributed by atoms with Crippen LogP contribution in [0.15, 0.2) is 41.5 Å². The van der Waals surface area contributed by atoms with Crippen LogP contribution in [-0.4, -0.2) is 4.86 Å². The van der Waals surface area contributed by atoms with Gasteiger partial charge in [-0.1, -0.05) is 36.4 Å². The summed E-state index contributed by atoms with van der Waals surface area (Å²) >= 11 is 0. The summed E-state index contributed by atoms with van der Waals surface area (Å²) in [6.45, 7) is 7.77. The highest BCUT2D eigenvalue weighted by Crippen LogP contribution is 2.28. The van der Waals surface area contributed by atoms with Crippen molar-refractivity contribution >= 4 is 11.4 Å². The molecule has 0 aliphatic carbocycles. The number of aryl methyl sites for hydroxylation is 4. The van der Waals surface area contributed by atoms with E-state index < -0.39 is 0 Å². The minimum absolute atomic E-state index is 0.630. The fourth-order valence-electron chi connectivity index (χ4n) is 2.21. The third-order valence-electron chi connectivity index (χ3n) is 3.26. The molecule has 0 spiro atoms. The van der Waals surface area contributed by atoms with Crippen molar-refractivity contribution in [3.63, 3.8) is 0 Å². The van der Waals surface area contributed by atoms with Crippen molar-refractivity contribution in [2.45, 2.75) is 27.7 Å². The standard InChI is InChI=1S/C16H18N2O/c1-11-7-5-8-12(2)15(11)17-18(19)16-13(3)9-6-10-14(16)4/h5-10H,1-4H3. The van der Waals surface area contributed by atoms with Crippen LogP contribution in [0.3, 0.4) is 0 Å². The van der Waals surface area contributed by atoms with Crippen molar-refractivity contribution < 1.29 is 4.86 Å². The molecule has 0 heterocycles. The van der Waals surface area contributed by atoms with E-state index in [1.807, 2.05) is 64.1 Å².